The molecule has 28 heavy (non-hydrogen) atoms. The number of halogens is 4. The second kappa shape index (κ2) is 6.96. The smallest absolute Gasteiger partial charge is 0.324 e. The molecule has 0 aliphatic carbocycles. The molecule has 144 valence electrons. The van der Waals surface area contributed by atoms with E-state index in [4.69, 9.17) is 6.57 Å². The summed E-state index contributed by atoms with van der Waals surface area (Å²) in [5.41, 5.74) is 0.915. The number of hydrogen-bond donors (Lipinski definition) is 2. The first-order valence-electron chi connectivity index (χ1n) is 8.12. The number of amides is 1. The van der Waals surface area contributed by atoms with Crippen molar-refractivity contribution in [1.29, 1.82) is 0 Å². The molecule has 0 radical (unpaired) electrons. The number of nitrogens with one attached hydrogen (secondary N) is 2. The Morgan fingerprint density at radius 3 is 2.54 bits per heavy atom. The van der Waals surface area contributed by atoms with Gasteiger partial charge in [-0.3, -0.25) is 10.2 Å². The molecule has 0 fully saturated rings. The number of rotatable bonds is 3. The minimum atomic E-state index is -4.71. The summed E-state index contributed by atoms with van der Waals surface area (Å²) in [6.07, 6.45) is -4.55. The van der Waals surface area contributed by atoms with Gasteiger partial charge in [-0.15, -0.1) is 0 Å². The molecule has 2 aromatic rings. The van der Waals surface area contributed by atoms with Crippen molar-refractivity contribution in [2.45, 2.75) is 25.1 Å². The second-order valence-corrected chi connectivity index (χ2v) is 6.48. The van der Waals surface area contributed by atoms with Crippen molar-refractivity contribution in [2.24, 2.45) is 5.10 Å². The zero-order valence-corrected chi connectivity index (χ0v) is 14.6. The highest BCUT2D eigenvalue weighted by Crippen LogP contribution is 2.38. The van der Waals surface area contributed by atoms with Crippen molar-refractivity contribution in [1.82, 2.24) is 5.43 Å². The van der Waals surface area contributed by atoms with E-state index in [1.165, 1.54) is 30.3 Å². The Morgan fingerprint density at radius 1 is 1.25 bits per heavy atom. The van der Waals surface area contributed by atoms with Crippen molar-refractivity contribution in [3.63, 3.8) is 0 Å². The molecule has 1 heterocycles. The second-order valence-electron chi connectivity index (χ2n) is 6.48. The van der Waals surface area contributed by atoms with Crippen LogP contribution in [0.4, 0.5) is 28.9 Å². The highest BCUT2D eigenvalue weighted by atomic mass is 19.4. The quantitative estimate of drug-likeness (QED) is 0.599. The fraction of sp³-hybridized carbons (Fsp3) is 0.211. The van der Waals surface area contributed by atoms with Crippen molar-refractivity contribution < 1.29 is 22.4 Å². The van der Waals surface area contributed by atoms with Gasteiger partial charge in [0.1, 0.15) is 11.4 Å². The third-order valence-electron chi connectivity index (χ3n) is 4.32. The Kier molecular flexibility index (Phi) is 4.81. The fourth-order valence-electron chi connectivity index (χ4n) is 2.75. The number of hydrazone groups is 1. The Labute approximate surface area is 157 Å². The molecule has 0 saturated heterocycles. The van der Waals surface area contributed by atoms with Crippen LogP contribution in [-0.4, -0.2) is 17.2 Å². The molecule has 0 bridgehead atoms. The SMILES string of the molecule is [C-]#[N+]c1ccc(NC(=O)C2(C)CC(c3ccc(F)cc3)=NN2)cc1C(F)(F)F. The lowest BCUT2D eigenvalue weighted by Crippen LogP contribution is -2.47. The lowest BCUT2D eigenvalue weighted by molar-refractivity contribution is -0.136. The van der Waals surface area contributed by atoms with Crippen LogP contribution in [-0.2, 0) is 11.0 Å². The van der Waals surface area contributed by atoms with E-state index < -0.39 is 34.7 Å². The fourth-order valence-corrected chi connectivity index (χ4v) is 2.75. The van der Waals surface area contributed by atoms with Gasteiger partial charge in [0.25, 0.3) is 5.91 Å². The van der Waals surface area contributed by atoms with Gasteiger partial charge in [-0.2, -0.15) is 18.3 Å². The number of nitrogens with zero attached hydrogens (tertiary/aromatic N) is 2. The van der Waals surface area contributed by atoms with Crippen molar-refractivity contribution in [3.05, 3.63) is 70.8 Å². The lowest BCUT2D eigenvalue weighted by atomic mass is 9.93. The number of hydrogen-bond acceptors (Lipinski definition) is 3. The molecule has 1 aliphatic heterocycles. The molecule has 0 aromatic heterocycles. The summed E-state index contributed by atoms with van der Waals surface area (Å²) in [6.45, 7) is 8.41. The molecular weight excluding hydrogens is 376 g/mol. The maximum Gasteiger partial charge on any atom is 0.407 e. The maximum absolute atomic E-state index is 13.1. The minimum Gasteiger partial charge on any atom is -0.324 e. The zero-order valence-electron chi connectivity index (χ0n) is 14.6. The molecule has 5 nitrogen and oxygen atoms in total. The van der Waals surface area contributed by atoms with E-state index in [1.54, 1.807) is 6.92 Å². The van der Waals surface area contributed by atoms with E-state index >= 15 is 0 Å². The average molecular weight is 390 g/mol. The molecule has 3 rings (SSSR count). The van der Waals surface area contributed by atoms with Gasteiger partial charge in [0.05, 0.1) is 17.8 Å². The highest BCUT2D eigenvalue weighted by molar-refractivity contribution is 6.08. The Balaban J connectivity index is 1.77. The van der Waals surface area contributed by atoms with Gasteiger partial charge in [0, 0.05) is 12.1 Å². The van der Waals surface area contributed by atoms with Crippen LogP contribution < -0.4 is 10.7 Å². The molecule has 0 spiro atoms. The summed E-state index contributed by atoms with van der Waals surface area (Å²) in [7, 11) is 0. The third kappa shape index (κ3) is 3.81. The topological polar surface area (TPSA) is 57.9 Å². The van der Waals surface area contributed by atoms with Gasteiger partial charge in [0.2, 0.25) is 0 Å². The molecular formula is C19H14F4N4O. The van der Waals surface area contributed by atoms with Crippen molar-refractivity contribution in [3.8, 4) is 0 Å². The van der Waals surface area contributed by atoms with Crippen molar-refractivity contribution in [2.75, 3.05) is 5.32 Å². The highest BCUT2D eigenvalue weighted by Gasteiger charge is 2.39. The van der Waals surface area contributed by atoms with Crippen LogP contribution >= 0.6 is 0 Å². The van der Waals surface area contributed by atoms with Crippen LogP contribution in [0.1, 0.15) is 24.5 Å². The monoisotopic (exact) mass is 390 g/mol. The zero-order chi connectivity index (χ0) is 20.5. The van der Waals surface area contributed by atoms with E-state index in [1.807, 2.05) is 0 Å². The Morgan fingerprint density at radius 2 is 1.93 bits per heavy atom. The molecule has 1 atom stereocenters. The number of carbonyl (C=O) groups excluding carboxylic acids is 1. The van der Waals surface area contributed by atoms with Gasteiger partial charge in [-0.05, 0) is 36.8 Å². The number of anilines is 1. The summed E-state index contributed by atoms with van der Waals surface area (Å²) in [5.74, 6) is -0.990. The van der Waals surface area contributed by atoms with E-state index in [9.17, 15) is 22.4 Å². The summed E-state index contributed by atoms with van der Waals surface area (Å²) >= 11 is 0. The van der Waals surface area contributed by atoms with Gasteiger partial charge >= 0.3 is 6.18 Å². The maximum atomic E-state index is 13.1. The summed E-state index contributed by atoms with van der Waals surface area (Å²) < 4.78 is 52.3. The van der Waals surface area contributed by atoms with Crippen LogP contribution in [0.2, 0.25) is 0 Å². The molecule has 2 N–H and O–H groups in total. The van der Waals surface area contributed by atoms with Crippen LogP contribution in [0.25, 0.3) is 4.85 Å². The molecule has 1 unspecified atom stereocenters. The number of alkyl halides is 3. The first kappa shape index (κ1) is 19.4. The van der Waals surface area contributed by atoms with Crippen LogP contribution in [0, 0.1) is 12.4 Å². The Hall–Kier alpha value is -3.41. The average Bonchev–Trinajstić information content (AvgIpc) is 3.05. The standard InChI is InChI=1S/C19H14F4N4O/c1-18(10-16(26-27-18)11-3-5-12(20)6-4-11)17(28)25-13-7-8-15(24-2)14(9-13)19(21,22)23/h3-9,27H,10H2,1H3,(H,25,28). The third-order valence-corrected chi connectivity index (χ3v) is 4.32. The molecule has 1 amide bonds. The number of benzene rings is 2. The van der Waals surface area contributed by atoms with Crippen LogP contribution in [0.3, 0.4) is 0 Å². The van der Waals surface area contributed by atoms with Gasteiger partial charge in [-0.1, -0.05) is 18.2 Å². The summed E-state index contributed by atoms with van der Waals surface area (Å²) in [6, 6.07) is 8.56. The van der Waals surface area contributed by atoms with Gasteiger partial charge in [0.15, 0.2) is 5.69 Å². The van der Waals surface area contributed by atoms with Gasteiger partial charge in [-0.25, -0.2) is 9.24 Å². The lowest BCUT2D eigenvalue weighted by Gasteiger charge is -2.23. The van der Waals surface area contributed by atoms with Crippen molar-refractivity contribution >= 4 is 23.0 Å². The molecule has 0 saturated carbocycles. The van der Waals surface area contributed by atoms with E-state index in [-0.39, 0.29) is 12.1 Å². The molecule has 1 aliphatic rings. The van der Waals surface area contributed by atoms with Crippen LogP contribution in [0.5, 0.6) is 0 Å². The summed E-state index contributed by atoms with van der Waals surface area (Å²) in [5, 5.41) is 6.53. The summed E-state index contributed by atoms with van der Waals surface area (Å²) in [4.78, 5) is 15.5. The van der Waals surface area contributed by atoms with E-state index in [2.05, 4.69) is 20.7 Å². The minimum absolute atomic E-state index is 0.0806. The predicted octanol–water partition coefficient (Wildman–Crippen LogP) is 4.49. The largest absolute Gasteiger partial charge is 0.407 e. The predicted molar refractivity (Wildman–Crippen MR) is 95.4 cm³/mol. The number of carbonyl (C=O) groups is 1. The van der Waals surface area contributed by atoms with E-state index in [0.717, 1.165) is 12.1 Å². The molecule has 2 aromatic carbocycles. The van der Waals surface area contributed by atoms with E-state index in [0.29, 0.717) is 11.3 Å². The molecule has 9 heteroatoms. The normalized spacial score (nSPS) is 18.8. The van der Waals surface area contributed by atoms with Crippen LogP contribution in [0.15, 0.2) is 47.6 Å². The van der Waals surface area contributed by atoms with Gasteiger partial charge < -0.3 is 5.32 Å². The first-order chi connectivity index (χ1) is 13.1. The first-order valence-corrected chi connectivity index (χ1v) is 8.12. The Bertz CT molecular complexity index is 992.